The van der Waals surface area contributed by atoms with Gasteiger partial charge in [0.25, 0.3) is 0 Å². The fourth-order valence-corrected chi connectivity index (χ4v) is 3.95. The Hall–Kier alpha value is -1.63. The zero-order valence-corrected chi connectivity index (χ0v) is 17.9. The molecule has 1 heteroatoms. The molecule has 1 unspecified atom stereocenters. The van der Waals surface area contributed by atoms with Crippen LogP contribution in [-0.4, -0.2) is 4.73 Å². The van der Waals surface area contributed by atoms with Gasteiger partial charge < -0.3 is 0 Å². The molecule has 0 N–H and O–H groups in total. The molecule has 135 valence electrons. The third-order valence-corrected chi connectivity index (χ3v) is 5.38. The van der Waals surface area contributed by atoms with E-state index in [0.29, 0.717) is 11.8 Å². The van der Waals surface area contributed by atoms with Gasteiger partial charge in [0, 0.05) is 0 Å². The molecule has 0 amide bonds. The third kappa shape index (κ3) is 4.75. The molecule has 0 bridgehead atoms. The van der Waals surface area contributed by atoms with E-state index in [9.17, 15) is 0 Å². The molecule has 0 nitrogen and oxygen atoms in total. The van der Waals surface area contributed by atoms with Crippen molar-refractivity contribution in [2.75, 3.05) is 0 Å². The van der Waals surface area contributed by atoms with E-state index in [1.165, 1.54) is 46.2 Å². The van der Waals surface area contributed by atoms with E-state index < -0.39 is 0 Å². The average molecular weight is 381 g/mol. The molecular weight excluding hydrogens is 351 g/mol. The van der Waals surface area contributed by atoms with E-state index in [4.69, 9.17) is 0 Å². The van der Waals surface area contributed by atoms with E-state index in [2.05, 4.69) is 105 Å². The van der Waals surface area contributed by atoms with Crippen LogP contribution < -0.4 is 0 Å². The Morgan fingerprint density at radius 2 is 1.81 bits per heavy atom. The number of benzene rings is 2. The van der Waals surface area contributed by atoms with Crippen LogP contribution in [0.4, 0.5) is 0 Å². The molecule has 26 heavy (non-hydrogen) atoms. The first-order chi connectivity index (χ1) is 12.5. The van der Waals surface area contributed by atoms with Gasteiger partial charge in [0.05, 0.1) is 0 Å². The van der Waals surface area contributed by atoms with Crippen molar-refractivity contribution in [3.05, 3.63) is 77.9 Å². The molecule has 0 aliphatic carbocycles. The summed E-state index contributed by atoms with van der Waals surface area (Å²) in [5.41, 5.74) is 7.99. The summed E-state index contributed by atoms with van der Waals surface area (Å²) >= 11 is 2.56. The zero-order chi connectivity index (χ0) is 19.1. The first-order valence-electron chi connectivity index (χ1n) is 9.57. The summed E-state index contributed by atoms with van der Waals surface area (Å²) in [7, 11) is 0. The standard InChI is InChI=1S/C25H30.V/c1-7-11-19(5)23-13-9-10-14-24(23)21-15-16-22(18(3)4)25(17-21)20(6)12-8-2;/h5,7,9-11,13-18,20H,1,8,12H2,2-4,6H3;/b19-11+;. The molecule has 0 heterocycles. The van der Waals surface area contributed by atoms with Crippen molar-refractivity contribution in [2.45, 2.75) is 52.4 Å². The molecule has 0 aromatic heterocycles. The predicted molar refractivity (Wildman–Crippen MR) is 114 cm³/mol. The molecule has 0 radical (unpaired) electrons. The number of rotatable bonds is 8. The molecular formula is C25H30V. The van der Waals surface area contributed by atoms with E-state index in [0.717, 1.165) is 0 Å². The van der Waals surface area contributed by atoms with Crippen LogP contribution in [0.15, 0.2) is 61.2 Å². The van der Waals surface area contributed by atoms with Crippen LogP contribution in [0.25, 0.3) is 16.7 Å². The number of hydrogen-bond acceptors (Lipinski definition) is 0. The second-order valence-electron chi connectivity index (χ2n) is 7.22. The van der Waals surface area contributed by atoms with E-state index in [1.54, 1.807) is 0 Å². The van der Waals surface area contributed by atoms with E-state index in [-0.39, 0.29) is 0 Å². The molecule has 2 aromatic carbocycles. The van der Waals surface area contributed by atoms with Crippen LogP contribution in [0.2, 0.25) is 0 Å². The van der Waals surface area contributed by atoms with Crippen molar-refractivity contribution < 1.29 is 17.0 Å². The molecule has 0 aliphatic rings. The number of allylic oxidation sites excluding steroid dienone is 3. The number of hydrogen-bond donors (Lipinski definition) is 0. The van der Waals surface area contributed by atoms with Crippen LogP contribution in [0, 0.1) is 0 Å². The Bertz CT molecular complexity index is 796. The van der Waals surface area contributed by atoms with Crippen molar-refractivity contribution in [1.29, 1.82) is 0 Å². The zero-order valence-electron chi connectivity index (χ0n) is 16.5. The van der Waals surface area contributed by atoms with Crippen LogP contribution in [0.1, 0.15) is 69.1 Å². The van der Waals surface area contributed by atoms with Gasteiger partial charge in [-0.15, -0.1) is 0 Å². The maximum atomic E-state index is 3.86. The van der Waals surface area contributed by atoms with Crippen molar-refractivity contribution in [3.8, 4) is 11.1 Å². The summed E-state index contributed by atoms with van der Waals surface area (Å²) < 4.78 is 2.09. The van der Waals surface area contributed by atoms with Crippen molar-refractivity contribution in [2.24, 2.45) is 0 Å². The Kier molecular flexibility index (Phi) is 7.88. The Morgan fingerprint density at radius 3 is 2.42 bits per heavy atom. The Morgan fingerprint density at radius 1 is 1.08 bits per heavy atom. The monoisotopic (exact) mass is 381 g/mol. The fraction of sp³-hybridized carbons (Fsp3) is 0.320. The van der Waals surface area contributed by atoms with E-state index >= 15 is 0 Å². The van der Waals surface area contributed by atoms with Crippen LogP contribution >= 0.6 is 0 Å². The summed E-state index contributed by atoms with van der Waals surface area (Å²) in [5.74, 6) is 1.13. The van der Waals surface area contributed by atoms with Gasteiger partial charge in [0.1, 0.15) is 0 Å². The molecule has 1 atom stereocenters. The fourth-order valence-electron chi connectivity index (χ4n) is 3.60. The van der Waals surface area contributed by atoms with Gasteiger partial charge in [-0.1, -0.05) is 0 Å². The van der Waals surface area contributed by atoms with E-state index in [1.807, 2.05) is 6.08 Å². The molecule has 0 saturated heterocycles. The third-order valence-electron chi connectivity index (χ3n) is 4.95. The second kappa shape index (κ2) is 9.90. The van der Waals surface area contributed by atoms with Crippen molar-refractivity contribution >= 4 is 10.3 Å². The summed E-state index contributed by atoms with van der Waals surface area (Å²) in [6, 6.07) is 15.7. The average Bonchev–Trinajstić information content (AvgIpc) is 2.65. The molecule has 2 aromatic rings. The molecule has 0 saturated carbocycles. The first-order valence-corrected chi connectivity index (χ1v) is 10.4. The van der Waals surface area contributed by atoms with Crippen LogP contribution in [0.5, 0.6) is 0 Å². The molecule has 0 fully saturated rings. The summed E-state index contributed by atoms with van der Waals surface area (Å²) in [6.07, 6.45) is 6.37. The topological polar surface area (TPSA) is 0 Å². The van der Waals surface area contributed by atoms with Gasteiger partial charge in [0.15, 0.2) is 0 Å². The minimum atomic E-state index is 0.547. The van der Waals surface area contributed by atoms with Gasteiger partial charge in [-0.2, -0.15) is 0 Å². The Labute approximate surface area is 168 Å². The SMILES string of the molecule is C=C/C=C(\[CH]=[V])c1ccccc1-c1ccc(C(C)C)c(C(C)CCC)c1. The normalized spacial score (nSPS) is 12.8. The van der Waals surface area contributed by atoms with Gasteiger partial charge in [-0.05, 0) is 0 Å². The van der Waals surface area contributed by atoms with Crippen molar-refractivity contribution in [1.82, 2.24) is 0 Å². The summed E-state index contributed by atoms with van der Waals surface area (Å²) in [5, 5.41) is 0. The minimum absolute atomic E-state index is 0.547. The predicted octanol–water partition coefficient (Wildman–Crippen LogP) is 7.30. The molecule has 0 spiro atoms. The van der Waals surface area contributed by atoms with Gasteiger partial charge in [-0.25, -0.2) is 0 Å². The van der Waals surface area contributed by atoms with Gasteiger partial charge in [-0.3, -0.25) is 0 Å². The van der Waals surface area contributed by atoms with Crippen LogP contribution in [-0.2, 0) is 17.0 Å². The van der Waals surface area contributed by atoms with Crippen LogP contribution in [0.3, 0.4) is 0 Å². The molecule has 0 aliphatic heterocycles. The van der Waals surface area contributed by atoms with Gasteiger partial charge >= 0.3 is 169 Å². The Balaban J connectivity index is 2.63. The summed E-state index contributed by atoms with van der Waals surface area (Å²) in [6.45, 7) is 13.1. The van der Waals surface area contributed by atoms with Gasteiger partial charge in [0.2, 0.25) is 0 Å². The second-order valence-corrected chi connectivity index (χ2v) is 7.62. The quantitative estimate of drug-likeness (QED) is 0.421. The first kappa shape index (κ1) is 20.7. The maximum absolute atomic E-state index is 3.86. The van der Waals surface area contributed by atoms with Crippen molar-refractivity contribution in [3.63, 3.8) is 0 Å². The molecule has 2 rings (SSSR count). The summed E-state index contributed by atoms with van der Waals surface area (Å²) in [4.78, 5) is 0.